The first-order valence-electron chi connectivity index (χ1n) is 6.97. The molecule has 20 heavy (non-hydrogen) atoms. The fourth-order valence-corrected chi connectivity index (χ4v) is 2.90. The molecular weight excluding hydrogens is 256 g/mol. The number of fused-ring (bicyclic) bond motifs is 1. The van der Waals surface area contributed by atoms with Crippen molar-refractivity contribution in [2.75, 3.05) is 7.11 Å². The Hall–Kier alpha value is -1.71. The Morgan fingerprint density at radius 3 is 2.50 bits per heavy atom. The van der Waals surface area contributed by atoms with Gasteiger partial charge in [0.1, 0.15) is 11.5 Å². The first kappa shape index (κ1) is 14.7. The average molecular weight is 278 g/mol. The van der Waals surface area contributed by atoms with Crippen LogP contribution in [0, 0.1) is 20.8 Å². The van der Waals surface area contributed by atoms with Crippen molar-refractivity contribution in [2.24, 2.45) is 0 Å². The highest BCUT2D eigenvalue weighted by Crippen LogP contribution is 2.44. The smallest absolute Gasteiger partial charge is 0.350 e. The van der Waals surface area contributed by atoms with Crippen LogP contribution in [0.4, 0.5) is 0 Å². The third-order valence-corrected chi connectivity index (χ3v) is 4.55. The van der Waals surface area contributed by atoms with Crippen molar-refractivity contribution in [1.29, 1.82) is 0 Å². The van der Waals surface area contributed by atoms with Crippen LogP contribution in [-0.2, 0) is 16.0 Å². The molecular formula is C16H22O4. The minimum Gasteiger partial charge on any atom is -0.507 e. The van der Waals surface area contributed by atoms with E-state index in [1.807, 2.05) is 27.7 Å². The van der Waals surface area contributed by atoms with Gasteiger partial charge in [-0.1, -0.05) is 6.92 Å². The normalized spacial score (nSPS) is 21.1. The summed E-state index contributed by atoms with van der Waals surface area (Å²) in [6.07, 6.45) is 1.85. The Labute approximate surface area is 119 Å². The summed E-state index contributed by atoms with van der Waals surface area (Å²) in [5.74, 6) is 0.733. The summed E-state index contributed by atoms with van der Waals surface area (Å²) in [6, 6.07) is 0. The van der Waals surface area contributed by atoms with Crippen molar-refractivity contribution in [3.63, 3.8) is 0 Å². The fraction of sp³-hybridized carbons (Fsp3) is 0.562. The van der Waals surface area contributed by atoms with E-state index < -0.39 is 5.60 Å². The molecule has 0 saturated carbocycles. The van der Waals surface area contributed by atoms with Gasteiger partial charge in [-0.25, -0.2) is 4.79 Å². The predicted octanol–water partition coefficient (Wildman–Crippen LogP) is 2.96. The summed E-state index contributed by atoms with van der Waals surface area (Å²) in [7, 11) is 1.39. The van der Waals surface area contributed by atoms with Crippen molar-refractivity contribution in [1.82, 2.24) is 0 Å². The molecule has 0 amide bonds. The fourth-order valence-electron chi connectivity index (χ4n) is 2.90. The number of carbonyl (C=O) groups excluding carboxylic acids is 1. The molecule has 0 saturated heterocycles. The second-order valence-corrected chi connectivity index (χ2v) is 5.47. The Balaban J connectivity index is 2.57. The molecule has 0 spiro atoms. The van der Waals surface area contributed by atoms with E-state index in [0.29, 0.717) is 25.0 Å². The Morgan fingerprint density at radius 2 is 1.95 bits per heavy atom. The molecule has 4 nitrogen and oxygen atoms in total. The van der Waals surface area contributed by atoms with Crippen LogP contribution in [-0.4, -0.2) is 23.8 Å². The molecule has 1 heterocycles. The number of hydrogen-bond donors (Lipinski definition) is 1. The van der Waals surface area contributed by atoms with E-state index in [1.54, 1.807) is 0 Å². The van der Waals surface area contributed by atoms with E-state index in [2.05, 4.69) is 0 Å². The van der Waals surface area contributed by atoms with Crippen LogP contribution in [0.25, 0.3) is 0 Å². The molecule has 0 fully saturated rings. The number of esters is 1. The molecule has 1 N–H and O–H groups in total. The maximum Gasteiger partial charge on any atom is 0.350 e. The number of methoxy groups -OCH3 is 1. The number of ether oxygens (including phenoxy) is 2. The van der Waals surface area contributed by atoms with Crippen LogP contribution in [0.3, 0.4) is 0 Å². The molecule has 4 heteroatoms. The van der Waals surface area contributed by atoms with Crippen molar-refractivity contribution in [2.45, 2.75) is 52.6 Å². The van der Waals surface area contributed by atoms with E-state index in [0.717, 1.165) is 28.0 Å². The van der Waals surface area contributed by atoms with Crippen molar-refractivity contribution < 1.29 is 19.4 Å². The van der Waals surface area contributed by atoms with E-state index >= 15 is 0 Å². The third kappa shape index (κ3) is 1.94. The lowest BCUT2D eigenvalue weighted by Gasteiger charge is -2.37. The summed E-state index contributed by atoms with van der Waals surface area (Å²) in [5, 5.41) is 10.1. The monoisotopic (exact) mass is 278 g/mol. The van der Waals surface area contributed by atoms with E-state index in [9.17, 15) is 9.90 Å². The number of carbonyl (C=O) groups is 1. The zero-order valence-corrected chi connectivity index (χ0v) is 12.8. The molecule has 1 aliphatic heterocycles. The summed E-state index contributed by atoms with van der Waals surface area (Å²) < 4.78 is 11.0. The van der Waals surface area contributed by atoms with Gasteiger partial charge in [0, 0.05) is 12.0 Å². The van der Waals surface area contributed by atoms with Gasteiger partial charge in [0.25, 0.3) is 0 Å². The highest BCUT2D eigenvalue weighted by molar-refractivity contribution is 5.81. The van der Waals surface area contributed by atoms with Crippen LogP contribution in [0.5, 0.6) is 11.5 Å². The van der Waals surface area contributed by atoms with Crippen LogP contribution in [0.15, 0.2) is 0 Å². The minimum atomic E-state index is -0.900. The summed E-state index contributed by atoms with van der Waals surface area (Å²) in [6.45, 7) is 7.59. The van der Waals surface area contributed by atoms with Crippen LogP contribution >= 0.6 is 0 Å². The van der Waals surface area contributed by atoms with Gasteiger partial charge in [-0.2, -0.15) is 0 Å². The second kappa shape index (κ2) is 5.00. The molecule has 1 aromatic rings. The largest absolute Gasteiger partial charge is 0.507 e. The van der Waals surface area contributed by atoms with Crippen LogP contribution in [0.2, 0.25) is 0 Å². The zero-order valence-electron chi connectivity index (χ0n) is 12.8. The van der Waals surface area contributed by atoms with Gasteiger partial charge in [0.2, 0.25) is 5.60 Å². The molecule has 2 rings (SSSR count). The zero-order chi connectivity index (χ0) is 15.1. The molecule has 1 aromatic carbocycles. The van der Waals surface area contributed by atoms with Gasteiger partial charge >= 0.3 is 5.97 Å². The maximum absolute atomic E-state index is 12.1. The molecule has 1 aliphatic rings. The SMILES string of the molecule is CCC1(C(=O)OC)CCc2c(C)c(O)c(C)c(C)c2O1. The Bertz CT molecular complexity index is 562. The van der Waals surface area contributed by atoms with Gasteiger partial charge in [-0.3, -0.25) is 0 Å². The van der Waals surface area contributed by atoms with Crippen LogP contribution in [0.1, 0.15) is 42.0 Å². The van der Waals surface area contributed by atoms with E-state index in [4.69, 9.17) is 9.47 Å². The van der Waals surface area contributed by atoms with Gasteiger partial charge in [0.15, 0.2) is 0 Å². The summed E-state index contributed by atoms with van der Waals surface area (Å²) in [5.41, 5.74) is 2.64. The highest BCUT2D eigenvalue weighted by Gasteiger charge is 2.44. The number of hydrogen-bond acceptors (Lipinski definition) is 4. The summed E-state index contributed by atoms with van der Waals surface area (Å²) >= 11 is 0. The standard InChI is InChI=1S/C16H22O4/c1-6-16(15(18)19-5)8-7-12-11(4)13(17)9(2)10(3)14(12)20-16/h17H,6-8H2,1-5H3. The molecule has 0 radical (unpaired) electrons. The second-order valence-electron chi connectivity index (χ2n) is 5.47. The lowest BCUT2D eigenvalue weighted by atomic mass is 9.85. The third-order valence-electron chi connectivity index (χ3n) is 4.55. The number of phenols is 1. The van der Waals surface area contributed by atoms with Gasteiger partial charge in [-0.05, 0) is 50.3 Å². The van der Waals surface area contributed by atoms with E-state index in [-0.39, 0.29) is 5.97 Å². The van der Waals surface area contributed by atoms with E-state index in [1.165, 1.54) is 7.11 Å². The first-order valence-corrected chi connectivity index (χ1v) is 6.97. The molecule has 1 unspecified atom stereocenters. The predicted molar refractivity (Wildman–Crippen MR) is 76.3 cm³/mol. The lowest BCUT2D eigenvalue weighted by molar-refractivity contribution is -0.161. The molecule has 1 atom stereocenters. The number of phenolic OH excluding ortho intramolecular Hbond substituents is 1. The molecule has 110 valence electrons. The number of aromatic hydroxyl groups is 1. The Morgan fingerprint density at radius 1 is 1.30 bits per heavy atom. The number of rotatable bonds is 2. The van der Waals surface area contributed by atoms with Gasteiger partial charge in [-0.15, -0.1) is 0 Å². The van der Waals surface area contributed by atoms with Gasteiger partial charge < -0.3 is 14.6 Å². The quantitative estimate of drug-likeness (QED) is 0.845. The lowest BCUT2D eigenvalue weighted by Crippen LogP contribution is -2.47. The molecule has 0 aromatic heterocycles. The molecule has 0 aliphatic carbocycles. The summed E-state index contributed by atoms with van der Waals surface area (Å²) in [4.78, 5) is 12.1. The maximum atomic E-state index is 12.1. The average Bonchev–Trinajstić information content (AvgIpc) is 2.49. The Kier molecular flexibility index (Phi) is 3.67. The van der Waals surface area contributed by atoms with Crippen molar-refractivity contribution in [3.05, 3.63) is 22.3 Å². The van der Waals surface area contributed by atoms with Crippen molar-refractivity contribution >= 4 is 5.97 Å². The van der Waals surface area contributed by atoms with Gasteiger partial charge in [0.05, 0.1) is 7.11 Å². The minimum absolute atomic E-state index is 0.326. The first-order chi connectivity index (χ1) is 9.38. The van der Waals surface area contributed by atoms with Crippen molar-refractivity contribution in [3.8, 4) is 11.5 Å². The number of benzene rings is 1. The highest BCUT2D eigenvalue weighted by atomic mass is 16.6. The topological polar surface area (TPSA) is 55.8 Å². The van der Waals surface area contributed by atoms with Crippen LogP contribution < -0.4 is 4.74 Å². The molecule has 0 bridgehead atoms.